The van der Waals surface area contributed by atoms with Gasteiger partial charge in [0.25, 0.3) is 5.91 Å². The van der Waals surface area contributed by atoms with E-state index in [1.807, 2.05) is 18.2 Å². The molecule has 0 aromatic heterocycles. The Morgan fingerprint density at radius 1 is 1.00 bits per heavy atom. The number of hydrogen-bond acceptors (Lipinski definition) is 4. The number of ether oxygens (including phenoxy) is 2. The molecule has 1 N–H and O–H groups in total. The van der Waals surface area contributed by atoms with Crippen LogP contribution in [0.25, 0.3) is 0 Å². The molecule has 4 rings (SSSR count). The van der Waals surface area contributed by atoms with Gasteiger partial charge in [-0.15, -0.1) is 0 Å². The highest BCUT2D eigenvalue weighted by Gasteiger charge is 2.20. The van der Waals surface area contributed by atoms with E-state index in [0.717, 1.165) is 30.8 Å². The lowest BCUT2D eigenvalue weighted by atomic mass is 10.1. The Labute approximate surface area is 170 Å². The molecule has 0 radical (unpaired) electrons. The summed E-state index contributed by atoms with van der Waals surface area (Å²) in [5, 5.41) is 3.05. The minimum absolute atomic E-state index is 0.209. The maximum absolute atomic E-state index is 12.9. The maximum Gasteiger partial charge on any atom is 0.259 e. The molecule has 1 aliphatic heterocycles. The Kier molecular flexibility index (Phi) is 5.38. The van der Waals surface area contributed by atoms with Gasteiger partial charge in [-0.25, -0.2) is 0 Å². The van der Waals surface area contributed by atoms with Crippen LogP contribution in [0.1, 0.15) is 21.5 Å². The molecule has 0 spiro atoms. The van der Waals surface area contributed by atoms with Crippen molar-refractivity contribution in [2.24, 2.45) is 0 Å². The highest BCUT2D eigenvalue weighted by Crippen LogP contribution is 2.31. The second-order valence-corrected chi connectivity index (χ2v) is 6.98. The molecule has 29 heavy (non-hydrogen) atoms. The van der Waals surface area contributed by atoms with Crippen molar-refractivity contribution >= 4 is 17.3 Å². The van der Waals surface area contributed by atoms with Crippen molar-refractivity contribution in [1.29, 1.82) is 0 Å². The number of anilines is 2. The molecule has 0 aliphatic carbocycles. The lowest BCUT2D eigenvalue weighted by molar-refractivity contribution is 0.102. The normalized spacial score (nSPS) is 12.4. The Morgan fingerprint density at radius 2 is 1.79 bits per heavy atom. The van der Waals surface area contributed by atoms with Crippen LogP contribution in [-0.4, -0.2) is 26.7 Å². The second-order valence-electron chi connectivity index (χ2n) is 6.98. The first-order chi connectivity index (χ1) is 14.2. The van der Waals surface area contributed by atoms with Gasteiger partial charge in [0.1, 0.15) is 11.5 Å². The van der Waals surface area contributed by atoms with Crippen LogP contribution >= 0.6 is 0 Å². The zero-order chi connectivity index (χ0) is 20.2. The van der Waals surface area contributed by atoms with Gasteiger partial charge in [0.15, 0.2) is 0 Å². The van der Waals surface area contributed by atoms with Gasteiger partial charge in [0.2, 0.25) is 0 Å². The van der Waals surface area contributed by atoms with E-state index >= 15 is 0 Å². The molecule has 1 amide bonds. The van der Waals surface area contributed by atoms with E-state index in [0.29, 0.717) is 17.1 Å². The number of hydrogen-bond donors (Lipinski definition) is 1. The SMILES string of the molecule is COc1ccc(C(=O)Nc2ccccc2CN2CCc3ccccc32)c(OC)c1. The van der Waals surface area contributed by atoms with Crippen molar-refractivity contribution in [3.8, 4) is 11.5 Å². The quantitative estimate of drug-likeness (QED) is 0.675. The van der Waals surface area contributed by atoms with E-state index in [-0.39, 0.29) is 5.91 Å². The number of fused-ring (bicyclic) bond motifs is 1. The average molecular weight is 388 g/mol. The fourth-order valence-corrected chi connectivity index (χ4v) is 3.73. The Balaban J connectivity index is 1.56. The smallest absolute Gasteiger partial charge is 0.259 e. The molecule has 0 unspecified atom stereocenters. The molecule has 3 aromatic carbocycles. The largest absolute Gasteiger partial charge is 0.497 e. The van der Waals surface area contributed by atoms with Crippen LogP contribution in [0.2, 0.25) is 0 Å². The van der Waals surface area contributed by atoms with Crippen molar-refractivity contribution in [1.82, 2.24) is 0 Å². The van der Waals surface area contributed by atoms with Crippen LogP contribution in [0.4, 0.5) is 11.4 Å². The van der Waals surface area contributed by atoms with Crippen LogP contribution in [0.15, 0.2) is 66.7 Å². The standard InChI is InChI=1S/C24H24N2O3/c1-28-19-11-12-20(23(15-19)29-2)24(27)25-21-9-5-3-8-18(21)16-26-14-13-17-7-4-6-10-22(17)26/h3-12,15H,13-14,16H2,1-2H3,(H,25,27). The van der Waals surface area contributed by atoms with Gasteiger partial charge in [-0.3, -0.25) is 4.79 Å². The summed E-state index contributed by atoms with van der Waals surface area (Å²) in [6, 6.07) is 21.6. The minimum atomic E-state index is -0.209. The van der Waals surface area contributed by atoms with E-state index in [4.69, 9.17) is 9.47 Å². The van der Waals surface area contributed by atoms with Crippen LogP contribution < -0.4 is 19.7 Å². The van der Waals surface area contributed by atoms with E-state index in [9.17, 15) is 4.79 Å². The van der Waals surface area contributed by atoms with Gasteiger partial charge in [-0.1, -0.05) is 36.4 Å². The average Bonchev–Trinajstić information content (AvgIpc) is 3.17. The minimum Gasteiger partial charge on any atom is -0.497 e. The molecule has 148 valence electrons. The summed E-state index contributed by atoms with van der Waals surface area (Å²) >= 11 is 0. The van der Waals surface area contributed by atoms with E-state index in [1.54, 1.807) is 32.4 Å². The maximum atomic E-state index is 12.9. The van der Waals surface area contributed by atoms with E-state index in [1.165, 1.54) is 11.3 Å². The van der Waals surface area contributed by atoms with Crippen LogP contribution in [0.3, 0.4) is 0 Å². The number of nitrogens with one attached hydrogen (secondary N) is 1. The lowest BCUT2D eigenvalue weighted by Gasteiger charge is -2.21. The van der Waals surface area contributed by atoms with Crippen LogP contribution in [-0.2, 0) is 13.0 Å². The third kappa shape index (κ3) is 3.90. The van der Waals surface area contributed by atoms with Crippen molar-refractivity contribution < 1.29 is 14.3 Å². The molecule has 0 saturated carbocycles. The first-order valence-electron chi connectivity index (χ1n) is 9.63. The molecule has 1 aliphatic rings. The first-order valence-corrected chi connectivity index (χ1v) is 9.63. The molecular formula is C24H24N2O3. The lowest BCUT2D eigenvalue weighted by Crippen LogP contribution is -2.21. The van der Waals surface area contributed by atoms with Crippen molar-refractivity contribution in [2.75, 3.05) is 31.0 Å². The monoisotopic (exact) mass is 388 g/mol. The number of para-hydroxylation sites is 2. The van der Waals surface area contributed by atoms with Crippen LogP contribution in [0, 0.1) is 0 Å². The number of rotatable bonds is 6. The van der Waals surface area contributed by atoms with E-state index < -0.39 is 0 Å². The van der Waals surface area contributed by atoms with Gasteiger partial charge < -0.3 is 19.7 Å². The second kappa shape index (κ2) is 8.27. The molecule has 3 aromatic rings. The Bertz CT molecular complexity index is 1030. The Hall–Kier alpha value is -3.47. The molecule has 0 atom stereocenters. The van der Waals surface area contributed by atoms with Gasteiger partial charge in [0, 0.05) is 30.5 Å². The fraction of sp³-hybridized carbons (Fsp3) is 0.208. The number of carbonyl (C=O) groups is 1. The summed E-state index contributed by atoms with van der Waals surface area (Å²) in [5.74, 6) is 0.915. The number of nitrogens with zero attached hydrogens (tertiary/aromatic N) is 1. The molecule has 0 saturated heterocycles. The topological polar surface area (TPSA) is 50.8 Å². The van der Waals surface area contributed by atoms with E-state index in [2.05, 4.69) is 40.5 Å². The molecule has 5 heteroatoms. The summed E-state index contributed by atoms with van der Waals surface area (Å²) in [6.45, 7) is 1.72. The molecule has 1 heterocycles. The van der Waals surface area contributed by atoms with Gasteiger partial charge in [-0.2, -0.15) is 0 Å². The summed E-state index contributed by atoms with van der Waals surface area (Å²) in [4.78, 5) is 15.3. The third-order valence-electron chi connectivity index (χ3n) is 5.26. The highest BCUT2D eigenvalue weighted by atomic mass is 16.5. The summed E-state index contributed by atoms with van der Waals surface area (Å²) < 4.78 is 10.6. The highest BCUT2D eigenvalue weighted by molar-refractivity contribution is 6.06. The number of amides is 1. The fourth-order valence-electron chi connectivity index (χ4n) is 3.73. The zero-order valence-corrected chi connectivity index (χ0v) is 16.6. The van der Waals surface area contributed by atoms with Crippen molar-refractivity contribution in [3.63, 3.8) is 0 Å². The van der Waals surface area contributed by atoms with Gasteiger partial charge >= 0.3 is 0 Å². The Morgan fingerprint density at radius 3 is 2.62 bits per heavy atom. The van der Waals surface area contributed by atoms with Gasteiger partial charge in [-0.05, 0) is 41.8 Å². The molecule has 0 bridgehead atoms. The summed E-state index contributed by atoms with van der Waals surface area (Å²) in [5.41, 5.74) is 4.99. The number of methoxy groups -OCH3 is 2. The summed E-state index contributed by atoms with van der Waals surface area (Å²) in [6.07, 6.45) is 1.05. The third-order valence-corrected chi connectivity index (χ3v) is 5.26. The predicted molar refractivity (Wildman–Crippen MR) is 115 cm³/mol. The molecule has 0 fully saturated rings. The van der Waals surface area contributed by atoms with Gasteiger partial charge in [0.05, 0.1) is 19.8 Å². The number of benzene rings is 3. The van der Waals surface area contributed by atoms with Crippen molar-refractivity contribution in [3.05, 3.63) is 83.4 Å². The van der Waals surface area contributed by atoms with Crippen LogP contribution in [0.5, 0.6) is 11.5 Å². The van der Waals surface area contributed by atoms with Crippen molar-refractivity contribution in [2.45, 2.75) is 13.0 Å². The molecule has 5 nitrogen and oxygen atoms in total. The molecular weight excluding hydrogens is 364 g/mol. The zero-order valence-electron chi connectivity index (χ0n) is 16.6. The first kappa shape index (κ1) is 18.9. The summed E-state index contributed by atoms with van der Waals surface area (Å²) in [7, 11) is 3.13. The predicted octanol–water partition coefficient (Wildman–Crippen LogP) is 4.52. The number of carbonyl (C=O) groups excluding carboxylic acids is 1.